The number of likely N-dealkylation sites (tertiary alicyclic amines) is 1. The normalized spacial score (nSPS) is 18.7. The monoisotopic (exact) mass is 479 g/mol. The molecule has 0 radical (unpaired) electrons. The molecule has 1 atom stereocenters. The molecule has 0 aromatic carbocycles. The summed E-state index contributed by atoms with van der Waals surface area (Å²) in [6.07, 6.45) is 10.9. The molecule has 0 bridgehead atoms. The number of aromatic amines is 1. The van der Waals surface area contributed by atoms with E-state index in [2.05, 4.69) is 36.8 Å². The summed E-state index contributed by atoms with van der Waals surface area (Å²) >= 11 is 6.43. The highest BCUT2D eigenvalue weighted by Gasteiger charge is 2.29. The maximum absolute atomic E-state index is 12.9. The van der Waals surface area contributed by atoms with Gasteiger partial charge in [-0.1, -0.05) is 17.7 Å². The second kappa shape index (κ2) is 9.35. The fourth-order valence-corrected chi connectivity index (χ4v) is 4.42. The van der Waals surface area contributed by atoms with Crippen molar-refractivity contribution in [1.82, 2.24) is 29.6 Å². The molecule has 5 rings (SSSR count). The second-order valence-electron chi connectivity index (χ2n) is 8.73. The zero-order valence-corrected chi connectivity index (χ0v) is 19.6. The standard InChI is InChI=1S/C23H26ClN9O/c1-2-33-13-17(10-27-33)29-23-30-20-19(18(24)11-26-20)21(31-23)28-16-4-3-7-32(12-16)22(34)15(9-25)8-14-5-6-14/h8,10-11,13-14,16H,2-7,12H2,1H3,(H3,26,28,29,30,31)/b15-8+. The molecular formula is C23H26ClN9O. The van der Waals surface area contributed by atoms with Crippen LogP contribution >= 0.6 is 11.6 Å². The zero-order valence-electron chi connectivity index (χ0n) is 18.9. The van der Waals surface area contributed by atoms with Crippen LogP contribution in [0, 0.1) is 17.2 Å². The lowest BCUT2D eigenvalue weighted by Gasteiger charge is -2.33. The Kier molecular flexibility index (Phi) is 6.11. The summed E-state index contributed by atoms with van der Waals surface area (Å²) in [5.41, 5.74) is 1.64. The summed E-state index contributed by atoms with van der Waals surface area (Å²) in [5.74, 6) is 1.18. The quantitative estimate of drug-likeness (QED) is 0.347. The minimum Gasteiger partial charge on any atom is -0.365 e. The van der Waals surface area contributed by atoms with Crippen LogP contribution in [0.4, 0.5) is 17.5 Å². The number of H-pyrrole nitrogens is 1. The first-order valence-corrected chi connectivity index (χ1v) is 11.9. The van der Waals surface area contributed by atoms with E-state index >= 15 is 0 Å². The van der Waals surface area contributed by atoms with Gasteiger partial charge in [-0.15, -0.1) is 0 Å². The fourth-order valence-electron chi connectivity index (χ4n) is 4.18. The van der Waals surface area contributed by atoms with Crippen LogP contribution in [0.2, 0.25) is 5.02 Å². The largest absolute Gasteiger partial charge is 0.365 e. The molecule has 3 aromatic heterocycles. The predicted octanol–water partition coefficient (Wildman–Crippen LogP) is 3.83. The van der Waals surface area contributed by atoms with E-state index in [1.165, 1.54) is 0 Å². The summed E-state index contributed by atoms with van der Waals surface area (Å²) in [7, 11) is 0. The number of hydrogen-bond acceptors (Lipinski definition) is 7. The number of piperidine rings is 1. The van der Waals surface area contributed by atoms with Gasteiger partial charge in [-0.25, -0.2) is 0 Å². The van der Waals surface area contributed by atoms with Gasteiger partial charge in [0.1, 0.15) is 23.1 Å². The first kappa shape index (κ1) is 22.2. The van der Waals surface area contributed by atoms with Crippen molar-refractivity contribution in [3.05, 3.63) is 35.3 Å². The third kappa shape index (κ3) is 4.70. The van der Waals surface area contributed by atoms with E-state index in [-0.39, 0.29) is 17.5 Å². The molecule has 10 nitrogen and oxygen atoms in total. The molecule has 1 aliphatic carbocycles. The Balaban J connectivity index is 1.36. The molecule has 1 aliphatic heterocycles. The molecule has 2 fully saturated rings. The lowest BCUT2D eigenvalue weighted by molar-refractivity contribution is -0.127. The minimum absolute atomic E-state index is 0.0293. The van der Waals surface area contributed by atoms with Crippen molar-refractivity contribution in [3.63, 3.8) is 0 Å². The molecule has 176 valence electrons. The summed E-state index contributed by atoms with van der Waals surface area (Å²) in [4.78, 5) is 27.0. The number of rotatable bonds is 7. The van der Waals surface area contributed by atoms with Crippen LogP contribution < -0.4 is 10.6 Å². The van der Waals surface area contributed by atoms with Crippen molar-refractivity contribution in [3.8, 4) is 6.07 Å². The number of hydrogen-bond donors (Lipinski definition) is 3. The molecule has 1 saturated heterocycles. The molecule has 0 spiro atoms. The van der Waals surface area contributed by atoms with Crippen LogP contribution in [0.15, 0.2) is 30.2 Å². The number of anilines is 3. The zero-order chi connectivity index (χ0) is 23.7. The highest BCUT2D eigenvalue weighted by Crippen LogP contribution is 2.33. The number of nitrogens with zero attached hydrogens (tertiary/aromatic N) is 6. The van der Waals surface area contributed by atoms with Crippen LogP contribution in [0.1, 0.15) is 32.6 Å². The number of amides is 1. The van der Waals surface area contributed by atoms with E-state index in [4.69, 9.17) is 11.6 Å². The molecule has 4 heterocycles. The van der Waals surface area contributed by atoms with Crippen molar-refractivity contribution in [2.75, 3.05) is 23.7 Å². The predicted molar refractivity (Wildman–Crippen MR) is 130 cm³/mol. The lowest BCUT2D eigenvalue weighted by atomic mass is 10.0. The molecule has 11 heteroatoms. The molecule has 3 N–H and O–H groups in total. The maximum Gasteiger partial charge on any atom is 0.264 e. The topological polar surface area (TPSA) is 128 Å². The summed E-state index contributed by atoms with van der Waals surface area (Å²) in [5, 5.41) is 21.6. The highest BCUT2D eigenvalue weighted by molar-refractivity contribution is 6.36. The van der Waals surface area contributed by atoms with Crippen LogP contribution in [0.25, 0.3) is 11.0 Å². The van der Waals surface area contributed by atoms with E-state index in [1.807, 2.05) is 23.9 Å². The molecule has 3 aromatic rings. The van der Waals surface area contributed by atoms with E-state index in [1.54, 1.807) is 17.3 Å². The smallest absolute Gasteiger partial charge is 0.264 e. The number of carbonyl (C=O) groups is 1. The number of aromatic nitrogens is 5. The summed E-state index contributed by atoms with van der Waals surface area (Å²) in [6.45, 7) is 3.91. The third-order valence-electron chi connectivity index (χ3n) is 6.12. The average molecular weight is 480 g/mol. The van der Waals surface area contributed by atoms with Gasteiger partial charge >= 0.3 is 0 Å². The van der Waals surface area contributed by atoms with Crippen LogP contribution in [0.3, 0.4) is 0 Å². The lowest BCUT2D eigenvalue weighted by Crippen LogP contribution is -2.45. The molecular weight excluding hydrogens is 454 g/mol. The Labute approximate surface area is 202 Å². The number of halogens is 1. The number of nitriles is 1. The van der Waals surface area contributed by atoms with Crippen molar-refractivity contribution < 1.29 is 4.79 Å². The number of nitrogens with one attached hydrogen (secondary N) is 3. The first-order valence-electron chi connectivity index (χ1n) is 11.6. The fraction of sp³-hybridized carbons (Fsp3) is 0.435. The van der Waals surface area contributed by atoms with Crippen molar-refractivity contribution in [2.24, 2.45) is 5.92 Å². The first-order chi connectivity index (χ1) is 16.5. The summed E-state index contributed by atoms with van der Waals surface area (Å²) < 4.78 is 1.81. The Morgan fingerprint density at radius 3 is 2.97 bits per heavy atom. The summed E-state index contributed by atoms with van der Waals surface area (Å²) in [6, 6.07) is 2.06. The van der Waals surface area contributed by atoms with Crippen molar-refractivity contribution in [1.29, 1.82) is 5.26 Å². The van der Waals surface area contributed by atoms with Gasteiger partial charge in [-0.2, -0.15) is 20.3 Å². The Bertz CT molecular complexity index is 1280. The van der Waals surface area contributed by atoms with Crippen molar-refractivity contribution >= 4 is 46.0 Å². The molecule has 1 amide bonds. The van der Waals surface area contributed by atoms with Gasteiger partial charge in [0.05, 0.1) is 22.3 Å². The second-order valence-corrected chi connectivity index (χ2v) is 9.14. The molecule has 2 aliphatic rings. The van der Waals surface area contributed by atoms with Crippen LogP contribution in [0.5, 0.6) is 0 Å². The number of fused-ring (bicyclic) bond motifs is 1. The number of carbonyl (C=O) groups excluding carboxylic acids is 1. The molecule has 1 unspecified atom stereocenters. The van der Waals surface area contributed by atoms with Crippen LogP contribution in [-0.4, -0.2) is 54.7 Å². The Morgan fingerprint density at radius 2 is 2.24 bits per heavy atom. The van der Waals surface area contributed by atoms with Crippen LogP contribution in [-0.2, 0) is 11.3 Å². The van der Waals surface area contributed by atoms with E-state index < -0.39 is 0 Å². The van der Waals surface area contributed by atoms with Gasteiger partial charge < -0.3 is 20.5 Å². The molecule has 34 heavy (non-hydrogen) atoms. The van der Waals surface area contributed by atoms with Gasteiger partial charge in [0, 0.05) is 38.1 Å². The van der Waals surface area contributed by atoms with Gasteiger partial charge in [-0.3, -0.25) is 9.48 Å². The van der Waals surface area contributed by atoms with Gasteiger partial charge in [0.25, 0.3) is 5.91 Å². The average Bonchev–Trinajstić information content (AvgIpc) is 3.43. The Hall–Kier alpha value is -3.58. The van der Waals surface area contributed by atoms with Gasteiger partial charge in [0.2, 0.25) is 5.95 Å². The van der Waals surface area contributed by atoms with E-state index in [0.717, 1.165) is 37.9 Å². The number of allylic oxidation sites excluding steroid dienone is 1. The SMILES string of the molecule is CCn1cc(Nc2nc(NC3CCCN(C(=O)/C(C#N)=C/C4CC4)C3)c3c(Cl)c[nH]c3n2)cn1. The number of aryl methyl sites for hydroxylation is 1. The van der Waals surface area contributed by atoms with Gasteiger partial charge in [-0.05, 0) is 38.5 Å². The highest BCUT2D eigenvalue weighted by atomic mass is 35.5. The maximum atomic E-state index is 12.9. The van der Waals surface area contributed by atoms with Gasteiger partial charge in [0.15, 0.2) is 0 Å². The van der Waals surface area contributed by atoms with Crippen molar-refractivity contribution in [2.45, 2.75) is 45.2 Å². The minimum atomic E-state index is -0.191. The van der Waals surface area contributed by atoms with E-state index in [0.29, 0.717) is 46.8 Å². The third-order valence-corrected chi connectivity index (χ3v) is 6.42. The molecule has 1 saturated carbocycles. The Morgan fingerprint density at radius 1 is 1.38 bits per heavy atom. The van der Waals surface area contributed by atoms with E-state index in [9.17, 15) is 10.1 Å².